The van der Waals surface area contributed by atoms with Crippen LogP contribution in [0.25, 0.3) is 0 Å². The highest BCUT2D eigenvalue weighted by Gasteiger charge is 2.25. The molecule has 0 aliphatic heterocycles. The molecule has 3 atom stereocenters. The Kier molecular flexibility index (Phi) is 6.31. The zero-order chi connectivity index (χ0) is 11.1. The molecule has 1 nitrogen and oxygen atoms in total. The van der Waals surface area contributed by atoms with Crippen molar-refractivity contribution in [2.24, 2.45) is 17.8 Å². The fourth-order valence-corrected chi connectivity index (χ4v) is 3.25. The number of rotatable bonds is 6. The first-order valence-electron chi connectivity index (χ1n) is 6.92. The number of hydrogen-bond acceptors (Lipinski definition) is 1. The van der Waals surface area contributed by atoms with Gasteiger partial charge in [0.2, 0.25) is 0 Å². The molecular weight excluding hydrogens is 182 g/mol. The van der Waals surface area contributed by atoms with Crippen molar-refractivity contribution in [2.75, 3.05) is 13.6 Å². The van der Waals surface area contributed by atoms with E-state index in [1.165, 1.54) is 51.5 Å². The quantitative estimate of drug-likeness (QED) is 0.704. The average Bonchev–Trinajstić information content (AvgIpc) is 2.21. The van der Waals surface area contributed by atoms with Crippen LogP contribution >= 0.6 is 0 Å². The van der Waals surface area contributed by atoms with Gasteiger partial charge in [-0.1, -0.05) is 46.0 Å². The van der Waals surface area contributed by atoms with Gasteiger partial charge >= 0.3 is 0 Å². The van der Waals surface area contributed by atoms with E-state index in [1.54, 1.807) is 0 Å². The minimum atomic E-state index is 0.942. The van der Waals surface area contributed by atoms with Gasteiger partial charge in [0.15, 0.2) is 0 Å². The summed E-state index contributed by atoms with van der Waals surface area (Å²) in [7, 11) is 2.10. The van der Waals surface area contributed by atoms with E-state index in [2.05, 4.69) is 26.2 Å². The Balaban J connectivity index is 2.34. The van der Waals surface area contributed by atoms with Crippen LogP contribution in [0.4, 0.5) is 0 Å². The lowest BCUT2D eigenvalue weighted by molar-refractivity contribution is 0.194. The third kappa shape index (κ3) is 4.55. The Hall–Kier alpha value is -0.0400. The molecular formula is C14H29N. The van der Waals surface area contributed by atoms with E-state index in [9.17, 15) is 0 Å². The lowest BCUT2D eigenvalue weighted by atomic mass is 9.74. The molecule has 0 aromatic heterocycles. The van der Waals surface area contributed by atoms with E-state index in [0.29, 0.717) is 0 Å². The van der Waals surface area contributed by atoms with Gasteiger partial charge in [-0.2, -0.15) is 0 Å². The maximum Gasteiger partial charge on any atom is -0.00209 e. The first-order chi connectivity index (χ1) is 7.27. The predicted molar refractivity (Wildman–Crippen MR) is 68.1 cm³/mol. The van der Waals surface area contributed by atoms with Crippen molar-refractivity contribution < 1.29 is 0 Å². The van der Waals surface area contributed by atoms with Crippen LogP contribution in [-0.2, 0) is 0 Å². The van der Waals surface area contributed by atoms with Crippen molar-refractivity contribution in [3.8, 4) is 0 Å². The van der Waals surface area contributed by atoms with E-state index in [1.807, 2.05) is 0 Å². The summed E-state index contributed by atoms with van der Waals surface area (Å²) in [5.41, 5.74) is 0. The summed E-state index contributed by atoms with van der Waals surface area (Å²) in [6.07, 6.45) is 10.1. The third-order valence-corrected chi connectivity index (χ3v) is 4.02. The largest absolute Gasteiger partial charge is 0.319 e. The fraction of sp³-hybridized carbons (Fsp3) is 1.00. The molecule has 0 bridgehead atoms. The Morgan fingerprint density at radius 2 is 1.87 bits per heavy atom. The molecule has 90 valence electrons. The summed E-state index contributed by atoms with van der Waals surface area (Å²) in [5, 5.41) is 3.37. The van der Waals surface area contributed by atoms with Crippen LogP contribution in [0.2, 0.25) is 0 Å². The predicted octanol–water partition coefficient (Wildman–Crippen LogP) is 3.84. The average molecular weight is 211 g/mol. The second kappa shape index (κ2) is 7.27. The van der Waals surface area contributed by atoms with Crippen molar-refractivity contribution >= 4 is 0 Å². The van der Waals surface area contributed by atoms with Crippen LogP contribution in [0.3, 0.4) is 0 Å². The monoisotopic (exact) mass is 211 g/mol. The van der Waals surface area contributed by atoms with Gasteiger partial charge in [-0.05, 0) is 44.2 Å². The molecule has 0 aromatic rings. The molecule has 3 unspecified atom stereocenters. The zero-order valence-electron chi connectivity index (χ0n) is 10.9. The molecule has 0 aromatic carbocycles. The van der Waals surface area contributed by atoms with Crippen LogP contribution < -0.4 is 5.32 Å². The number of hydrogen-bond donors (Lipinski definition) is 1. The number of nitrogens with one attached hydrogen (secondary N) is 1. The summed E-state index contributed by atoms with van der Waals surface area (Å²) < 4.78 is 0. The van der Waals surface area contributed by atoms with E-state index < -0.39 is 0 Å². The molecule has 1 fully saturated rings. The Morgan fingerprint density at radius 1 is 1.20 bits per heavy atom. The van der Waals surface area contributed by atoms with Gasteiger partial charge in [0.1, 0.15) is 0 Å². The molecule has 1 aliphatic carbocycles. The van der Waals surface area contributed by atoms with Crippen LogP contribution in [0.5, 0.6) is 0 Å². The molecule has 1 heteroatoms. The van der Waals surface area contributed by atoms with E-state index >= 15 is 0 Å². The molecule has 1 aliphatic rings. The molecule has 0 saturated heterocycles. The van der Waals surface area contributed by atoms with Crippen LogP contribution in [0.1, 0.15) is 58.8 Å². The Labute approximate surface area is 96.0 Å². The second-order valence-electron chi connectivity index (χ2n) is 5.49. The lowest BCUT2D eigenvalue weighted by Gasteiger charge is -2.33. The van der Waals surface area contributed by atoms with Crippen molar-refractivity contribution in [1.29, 1.82) is 0 Å². The SMILES string of the molecule is CCCC(C)CC1CCCCC1CNC. The van der Waals surface area contributed by atoms with Crippen LogP contribution in [0.15, 0.2) is 0 Å². The van der Waals surface area contributed by atoms with E-state index in [-0.39, 0.29) is 0 Å². The van der Waals surface area contributed by atoms with E-state index in [4.69, 9.17) is 0 Å². The Bertz CT molecular complexity index is 153. The van der Waals surface area contributed by atoms with Gasteiger partial charge in [0.25, 0.3) is 0 Å². The van der Waals surface area contributed by atoms with Gasteiger partial charge in [-0.25, -0.2) is 0 Å². The normalized spacial score (nSPS) is 29.0. The zero-order valence-corrected chi connectivity index (χ0v) is 10.9. The van der Waals surface area contributed by atoms with Crippen molar-refractivity contribution in [3.05, 3.63) is 0 Å². The Morgan fingerprint density at radius 3 is 2.47 bits per heavy atom. The minimum Gasteiger partial charge on any atom is -0.319 e. The van der Waals surface area contributed by atoms with Crippen molar-refractivity contribution in [1.82, 2.24) is 5.32 Å². The van der Waals surface area contributed by atoms with Crippen LogP contribution in [0, 0.1) is 17.8 Å². The molecule has 15 heavy (non-hydrogen) atoms. The highest BCUT2D eigenvalue weighted by atomic mass is 14.8. The molecule has 1 N–H and O–H groups in total. The summed E-state index contributed by atoms with van der Waals surface area (Å²) in [4.78, 5) is 0. The summed E-state index contributed by atoms with van der Waals surface area (Å²) in [5.74, 6) is 2.91. The fourth-order valence-electron chi connectivity index (χ4n) is 3.25. The topological polar surface area (TPSA) is 12.0 Å². The molecule has 1 rings (SSSR count). The van der Waals surface area contributed by atoms with E-state index in [0.717, 1.165) is 17.8 Å². The highest BCUT2D eigenvalue weighted by molar-refractivity contribution is 4.78. The standard InChI is InChI=1S/C14H29N/c1-4-7-12(2)10-13-8-5-6-9-14(13)11-15-3/h12-15H,4-11H2,1-3H3. The third-order valence-electron chi connectivity index (χ3n) is 4.02. The highest BCUT2D eigenvalue weighted by Crippen LogP contribution is 2.34. The summed E-state index contributed by atoms with van der Waals surface area (Å²) >= 11 is 0. The van der Waals surface area contributed by atoms with Gasteiger partial charge in [-0.15, -0.1) is 0 Å². The van der Waals surface area contributed by atoms with Gasteiger partial charge in [-0.3, -0.25) is 0 Å². The summed E-state index contributed by atoms with van der Waals surface area (Å²) in [6, 6.07) is 0. The smallest absolute Gasteiger partial charge is 0.00209 e. The first-order valence-corrected chi connectivity index (χ1v) is 6.92. The van der Waals surface area contributed by atoms with Gasteiger partial charge in [0, 0.05) is 0 Å². The molecule has 0 radical (unpaired) electrons. The first kappa shape index (κ1) is 13.0. The molecule has 0 amide bonds. The minimum absolute atomic E-state index is 0.942. The van der Waals surface area contributed by atoms with Gasteiger partial charge in [0.05, 0.1) is 0 Å². The molecule has 0 heterocycles. The molecule has 1 saturated carbocycles. The maximum atomic E-state index is 3.37. The lowest BCUT2D eigenvalue weighted by Crippen LogP contribution is -2.29. The second-order valence-corrected chi connectivity index (χ2v) is 5.49. The van der Waals surface area contributed by atoms with Gasteiger partial charge < -0.3 is 5.32 Å². The maximum absolute atomic E-state index is 3.37. The summed E-state index contributed by atoms with van der Waals surface area (Å²) in [6.45, 7) is 5.99. The van der Waals surface area contributed by atoms with Crippen molar-refractivity contribution in [3.63, 3.8) is 0 Å². The van der Waals surface area contributed by atoms with Crippen molar-refractivity contribution in [2.45, 2.75) is 58.8 Å². The van der Waals surface area contributed by atoms with Crippen LogP contribution in [-0.4, -0.2) is 13.6 Å². The molecule has 0 spiro atoms.